The third-order valence-corrected chi connectivity index (χ3v) is 2.58. The van der Waals surface area contributed by atoms with Crippen LogP contribution in [0.2, 0.25) is 0 Å². The lowest BCUT2D eigenvalue weighted by Gasteiger charge is -2.09. The normalized spacial score (nSPS) is 10.6. The van der Waals surface area contributed by atoms with Gasteiger partial charge < -0.3 is 9.84 Å². The number of ether oxygens (including phenoxy) is 1. The molecule has 17 heavy (non-hydrogen) atoms. The maximum absolute atomic E-state index is 11.5. The van der Waals surface area contributed by atoms with Crippen LogP contribution in [0.15, 0.2) is 18.2 Å². The Bertz CT molecular complexity index is 383. The molecule has 0 fully saturated rings. The lowest BCUT2D eigenvalue weighted by Crippen LogP contribution is -2.05. The lowest BCUT2D eigenvalue weighted by molar-refractivity contribution is 0.0526. The van der Waals surface area contributed by atoms with Crippen molar-refractivity contribution in [1.82, 2.24) is 0 Å². The highest BCUT2D eigenvalue weighted by Gasteiger charge is 2.10. The summed E-state index contributed by atoms with van der Waals surface area (Å²) < 4.78 is 4.93. The molecule has 1 rings (SSSR count). The summed E-state index contributed by atoms with van der Waals surface area (Å²) in [5.41, 5.74) is 1.31. The Kier molecular flexibility index (Phi) is 5.01. The topological polar surface area (TPSA) is 46.5 Å². The Morgan fingerprint density at radius 3 is 2.71 bits per heavy atom. The van der Waals surface area contributed by atoms with Gasteiger partial charge in [-0.05, 0) is 49.4 Å². The summed E-state index contributed by atoms with van der Waals surface area (Å²) in [7, 11) is 0. The van der Waals surface area contributed by atoms with E-state index < -0.39 is 0 Å². The van der Waals surface area contributed by atoms with Crippen molar-refractivity contribution >= 4 is 5.97 Å². The van der Waals surface area contributed by atoms with Crippen LogP contribution in [-0.4, -0.2) is 17.7 Å². The average molecular weight is 236 g/mol. The van der Waals surface area contributed by atoms with E-state index in [9.17, 15) is 9.90 Å². The van der Waals surface area contributed by atoms with Gasteiger partial charge in [0.1, 0.15) is 5.75 Å². The second-order valence-electron chi connectivity index (χ2n) is 4.50. The molecule has 0 heterocycles. The highest BCUT2D eigenvalue weighted by molar-refractivity contribution is 5.89. The monoisotopic (exact) mass is 236 g/mol. The molecule has 3 nitrogen and oxygen atoms in total. The zero-order valence-corrected chi connectivity index (χ0v) is 10.7. The summed E-state index contributed by atoms with van der Waals surface area (Å²) in [6.45, 7) is 6.40. The smallest absolute Gasteiger partial charge is 0.338 e. The molecule has 0 spiro atoms. The Hall–Kier alpha value is -1.51. The van der Waals surface area contributed by atoms with Crippen LogP contribution >= 0.6 is 0 Å². The molecule has 0 radical (unpaired) electrons. The number of carbonyl (C=O) groups is 1. The summed E-state index contributed by atoms with van der Waals surface area (Å²) in [5, 5.41) is 9.71. The first-order chi connectivity index (χ1) is 8.04. The highest BCUT2D eigenvalue weighted by Crippen LogP contribution is 2.22. The molecule has 1 aromatic rings. The van der Waals surface area contributed by atoms with Gasteiger partial charge >= 0.3 is 5.97 Å². The van der Waals surface area contributed by atoms with E-state index in [0.717, 1.165) is 18.4 Å². The molecule has 3 heteroatoms. The van der Waals surface area contributed by atoms with E-state index in [4.69, 9.17) is 4.74 Å². The molecule has 0 amide bonds. The van der Waals surface area contributed by atoms with Gasteiger partial charge in [0.2, 0.25) is 0 Å². The fourth-order valence-electron chi connectivity index (χ4n) is 1.57. The molecular formula is C14H20O3. The van der Waals surface area contributed by atoms with Crippen molar-refractivity contribution in [3.8, 4) is 5.75 Å². The van der Waals surface area contributed by atoms with Crippen LogP contribution in [0.5, 0.6) is 5.75 Å². The molecule has 0 saturated carbocycles. The van der Waals surface area contributed by atoms with Crippen LogP contribution in [0.4, 0.5) is 0 Å². The van der Waals surface area contributed by atoms with Gasteiger partial charge in [-0.3, -0.25) is 0 Å². The van der Waals surface area contributed by atoms with Crippen LogP contribution < -0.4 is 0 Å². The Balaban J connectivity index is 2.82. The van der Waals surface area contributed by atoms with Crippen LogP contribution in [0.3, 0.4) is 0 Å². The van der Waals surface area contributed by atoms with Gasteiger partial charge in [-0.25, -0.2) is 4.79 Å². The summed E-state index contributed by atoms with van der Waals surface area (Å²) in [5.74, 6) is 0.484. The standard InChI is InChI=1S/C14H20O3/c1-4-17-14(16)12-7-8-13(15)11(9-12)6-5-10(2)3/h7-10,15H,4-6H2,1-3H3. The van der Waals surface area contributed by atoms with E-state index in [1.807, 2.05) is 0 Å². The Morgan fingerprint density at radius 2 is 2.12 bits per heavy atom. The van der Waals surface area contributed by atoms with Gasteiger partial charge in [0.25, 0.3) is 0 Å². The molecule has 0 aromatic heterocycles. The number of hydrogen-bond acceptors (Lipinski definition) is 3. The first-order valence-corrected chi connectivity index (χ1v) is 6.03. The first-order valence-electron chi connectivity index (χ1n) is 6.03. The lowest BCUT2D eigenvalue weighted by atomic mass is 10.0. The second kappa shape index (κ2) is 6.28. The second-order valence-corrected chi connectivity index (χ2v) is 4.50. The molecule has 94 valence electrons. The van der Waals surface area contributed by atoms with E-state index >= 15 is 0 Å². The third kappa shape index (κ3) is 4.10. The SMILES string of the molecule is CCOC(=O)c1ccc(O)c(CCC(C)C)c1. The zero-order valence-electron chi connectivity index (χ0n) is 10.7. The minimum atomic E-state index is -0.335. The molecule has 1 N–H and O–H groups in total. The minimum Gasteiger partial charge on any atom is -0.508 e. The van der Waals surface area contributed by atoms with E-state index in [1.165, 1.54) is 0 Å². The molecule has 0 saturated heterocycles. The number of phenols is 1. The Morgan fingerprint density at radius 1 is 1.41 bits per heavy atom. The van der Waals surface area contributed by atoms with Crippen molar-refractivity contribution in [2.45, 2.75) is 33.6 Å². The van der Waals surface area contributed by atoms with Crippen molar-refractivity contribution < 1.29 is 14.6 Å². The summed E-state index contributed by atoms with van der Waals surface area (Å²) in [6.07, 6.45) is 1.76. The maximum atomic E-state index is 11.5. The fourth-order valence-corrected chi connectivity index (χ4v) is 1.57. The van der Waals surface area contributed by atoms with Gasteiger partial charge in [-0.2, -0.15) is 0 Å². The van der Waals surface area contributed by atoms with E-state index in [0.29, 0.717) is 18.1 Å². The summed E-state index contributed by atoms with van der Waals surface area (Å²) in [6, 6.07) is 4.86. The number of benzene rings is 1. The van der Waals surface area contributed by atoms with Crippen molar-refractivity contribution in [3.63, 3.8) is 0 Å². The van der Waals surface area contributed by atoms with Crippen LogP contribution in [0.25, 0.3) is 0 Å². The Labute approximate surface area is 102 Å². The first kappa shape index (κ1) is 13.6. The van der Waals surface area contributed by atoms with E-state index in [2.05, 4.69) is 13.8 Å². The molecule has 0 bridgehead atoms. The van der Waals surface area contributed by atoms with Gasteiger partial charge in [0.05, 0.1) is 12.2 Å². The van der Waals surface area contributed by atoms with Crippen molar-refractivity contribution in [2.24, 2.45) is 5.92 Å². The van der Waals surface area contributed by atoms with Gasteiger partial charge in [0.15, 0.2) is 0 Å². The van der Waals surface area contributed by atoms with Gasteiger partial charge in [0, 0.05) is 0 Å². The number of hydrogen-bond donors (Lipinski definition) is 1. The largest absolute Gasteiger partial charge is 0.508 e. The van der Waals surface area contributed by atoms with E-state index in [-0.39, 0.29) is 11.7 Å². The predicted molar refractivity (Wildman–Crippen MR) is 67.2 cm³/mol. The number of aromatic hydroxyl groups is 1. The number of rotatable bonds is 5. The van der Waals surface area contributed by atoms with Crippen LogP contribution in [0.1, 0.15) is 43.1 Å². The summed E-state index contributed by atoms with van der Waals surface area (Å²) in [4.78, 5) is 11.5. The number of esters is 1. The van der Waals surface area contributed by atoms with Gasteiger partial charge in [-0.15, -0.1) is 0 Å². The molecule has 1 aromatic carbocycles. The van der Waals surface area contributed by atoms with Crippen molar-refractivity contribution in [3.05, 3.63) is 29.3 Å². The molecular weight excluding hydrogens is 216 g/mol. The summed E-state index contributed by atoms with van der Waals surface area (Å²) >= 11 is 0. The molecule has 0 aliphatic rings. The zero-order chi connectivity index (χ0) is 12.8. The average Bonchev–Trinajstić information content (AvgIpc) is 2.28. The predicted octanol–water partition coefficient (Wildman–Crippen LogP) is 3.16. The molecule has 0 unspecified atom stereocenters. The number of carbonyl (C=O) groups excluding carboxylic acids is 1. The molecule has 0 aliphatic carbocycles. The fraction of sp³-hybridized carbons (Fsp3) is 0.500. The number of aryl methyl sites for hydroxylation is 1. The third-order valence-electron chi connectivity index (χ3n) is 2.58. The van der Waals surface area contributed by atoms with Crippen LogP contribution in [-0.2, 0) is 11.2 Å². The number of phenolic OH excluding ortho intramolecular Hbond substituents is 1. The molecule has 0 atom stereocenters. The van der Waals surface area contributed by atoms with Crippen molar-refractivity contribution in [2.75, 3.05) is 6.61 Å². The van der Waals surface area contributed by atoms with Crippen molar-refractivity contribution in [1.29, 1.82) is 0 Å². The maximum Gasteiger partial charge on any atom is 0.338 e. The van der Waals surface area contributed by atoms with E-state index in [1.54, 1.807) is 25.1 Å². The van der Waals surface area contributed by atoms with Gasteiger partial charge in [-0.1, -0.05) is 13.8 Å². The minimum absolute atomic E-state index is 0.249. The molecule has 0 aliphatic heterocycles. The van der Waals surface area contributed by atoms with Crippen LogP contribution in [0, 0.1) is 5.92 Å². The quantitative estimate of drug-likeness (QED) is 0.799. The highest BCUT2D eigenvalue weighted by atomic mass is 16.5.